The number of aliphatic hydroxyl groups excluding tert-OH is 1. The van der Waals surface area contributed by atoms with Crippen molar-refractivity contribution in [1.29, 1.82) is 0 Å². The molecule has 3 rings (SSSR count). The third-order valence-electron chi connectivity index (χ3n) is 4.50. The fourth-order valence-electron chi connectivity index (χ4n) is 3.66. The van der Waals surface area contributed by atoms with Gasteiger partial charge in [0.05, 0.1) is 10.6 Å². The van der Waals surface area contributed by atoms with Gasteiger partial charge in [0.1, 0.15) is 5.82 Å². The molecule has 4 atom stereocenters. The van der Waals surface area contributed by atoms with Gasteiger partial charge in [-0.25, -0.2) is 4.39 Å². The lowest BCUT2D eigenvalue weighted by Crippen LogP contribution is -2.20. The van der Waals surface area contributed by atoms with Crippen molar-refractivity contribution in [2.24, 2.45) is 17.8 Å². The van der Waals surface area contributed by atoms with Gasteiger partial charge in [0, 0.05) is 5.56 Å². The van der Waals surface area contributed by atoms with E-state index in [1.807, 2.05) is 0 Å². The second-order valence-corrected chi connectivity index (χ2v) is 6.28. The highest BCUT2D eigenvalue weighted by Crippen LogP contribution is 2.52. The maximum absolute atomic E-state index is 13.9. The van der Waals surface area contributed by atoms with E-state index in [-0.39, 0.29) is 11.7 Å². The summed E-state index contributed by atoms with van der Waals surface area (Å²) < 4.78 is 14.4. The van der Waals surface area contributed by atoms with Gasteiger partial charge in [-0.15, -0.1) is 0 Å². The van der Waals surface area contributed by atoms with E-state index in [1.165, 1.54) is 19.3 Å². The Bertz CT molecular complexity index is 434. The highest BCUT2D eigenvalue weighted by molar-refractivity contribution is 9.10. The third-order valence-corrected chi connectivity index (χ3v) is 5.11. The quantitative estimate of drug-likeness (QED) is 0.873. The molecule has 2 saturated carbocycles. The highest BCUT2D eigenvalue weighted by atomic mass is 79.9. The van der Waals surface area contributed by atoms with Gasteiger partial charge < -0.3 is 5.11 Å². The number of hydrogen-bond donors (Lipinski definition) is 1. The number of halogens is 2. The van der Waals surface area contributed by atoms with Crippen LogP contribution in [-0.2, 0) is 0 Å². The lowest BCUT2D eigenvalue weighted by atomic mass is 9.82. The molecule has 0 heterocycles. The molecule has 0 amide bonds. The van der Waals surface area contributed by atoms with Crippen LogP contribution in [0.4, 0.5) is 4.39 Å². The predicted molar refractivity (Wildman–Crippen MR) is 68.0 cm³/mol. The van der Waals surface area contributed by atoms with Crippen LogP contribution in [0.1, 0.15) is 37.4 Å². The molecule has 1 aromatic carbocycles. The van der Waals surface area contributed by atoms with Gasteiger partial charge in [0.15, 0.2) is 0 Å². The zero-order valence-corrected chi connectivity index (χ0v) is 11.2. The Hall–Kier alpha value is -0.410. The van der Waals surface area contributed by atoms with Crippen LogP contribution < -0.4 is 0 Å². The van der Waals surface area contributed by atoms with Crippen LogP contribution in [0.3, 0.4) is 0 Å². The third kappa shape index (κ3) is 1.93. The van der Waals surface area contributed by atoms with Crippen molar-refractivity contribution in [3.05, 3.63) is 34.1 Å². The number of benzene rings is 1. The summed E-state index contributed by atoms with van der Waals surface area (Å²) in [5.74, 6) is 1.34. The first-order valence-electron chi connectivity index (χ1n) is 6.29. The average Bonchev–Trinajstić information content (AvgIpc) is 2.94. The minimum atomic E-state index is -0.636. The summed E-state index contributed by atoms with van der Waals surface area (Å²) in [4.78, 5) is 0. The summed E-state index contributed by atoms with van der Waals surface area (Å²) in [6.45, 7) is 0. The molecule has 2 bridgehead atoms. The van der Waals surface area contributed by atoms with E-state index < -0.39 is 6.10 Å². The van der Waals surface area contributed by atoms with Gasteiger partial charge in [0.2, 0.25) is 0 Å². The fourth-order valence-corrected chi connectivity index (χ4v) is 4.04. The van der Waals surface area contributed by atoms with E-state index >= 15 is 0 Å². The molecule has 3 heteroatoms. The minimum absolute atomic E-state index is 0.262. The van der Waals surface area contributed by atoms with Crippen LogP contribution in [0, 0.1) is 23.6 Å². The normalized spacial score (nSPS) is 33.0. The molecule has 17 heavy (non-hydrogen) atoms. The van der Waals surface area contributed by atoms with E-state index in [0.717, 1.165) is 12.3 Å². The molecular formula is C14H16BrFO. The zero-order chi connectivity index (χ0) is 12.0. The molecule has 0 aromatic heterocycles. The fraction of sp³-hybridized carbons (Fsp3) is 0.571. The molecule has 1 nitrogen and oxygen atoms in total. The van der Waals surface area contributed by atoms with Crippen LogP contribution in [0.15, 0.2) is 22.7 Å². The van der Waals surface area contributed by atoms with Crippen LogP contribution in [0.2, 0.25) is 0 Å². The van der Waals surface area contributed by atoms with E-state index in [2.05, 4.69) is 15.9 Å². The SMILES string of the molecule is OC(c1cccc(Br)c1F)C1CC2CCC1C2. The van der Waals surface area contributed by atoms with Crippen LogP contribution in [0.5, 0.6) is 0 Å². The summed E-state index contributed by atoms with van der Waals surface area (Å²) in [5, 5.41) is 10.4. The summed E-state index contributed by atoms with van der Waals surface area (Å²) in [5.41, 5.74) is 0.455. The van der Waals surface area contributed by atoms with Crippen LogP contribution in [-0.4, -0.2) is 5.11 Å². The molecule has 92 valence electrons. The molecule has 0 aliphatic heterocycles. The first-order valence-corrected chi connectivity index (χ1v) is 7.08. The molecule has 0 radical (unpaired) electrons. The Morgan fingerprint density at radius 3 is 2.76 bits per heavy atom. The van der Waals surface area contributed by atoms with E-state index in [9.17, 15) is 9.50 Å². The summed E-state index contributed by atoms with van der Waals surface area (Å²) in [6.07, 6.45) is 4.18. The van der Waals surface area contributed by atoms with Crippen molar-refractivity contribution in [1.82, 2.24) is 0 Å². The molecule has 2 aliphatic rings. The Balaban J connectivity index is 1.86. The Morgan fingerprint density at radius 2 is 2.12 bits per heavy atom. The van der Waals surface area contributed by atoms with Crippen LogP contribution >= 0.6 is 15.9 Å². The Kier molecular flexibility index (Phi) is 2.99. The number of hydrogen-bond acceptors (Lipinski definition) is 1. The molecule has 2 fully saturated rings. The minimum Gasteiger partial charge on any atom is -0.388 e. The maximum atomic E-state index is 13.9. The standard InChI is InChI=1S/C14H16BrFO/c15-12-3-1-2-10(13(12)16)14(17)11-7-8-4-5-9(11)6-8/h1-3,8-9,11,14,17H,4-7H2. The summed E-state index contributed by atoms with van der Waals surface area (Å²) in [6, 6.07) is 5.17. The molecule has 0 saturated heterocycles. The largest absolute Gasteiger partial charge is 0.388 e. The smallest absolute Gasteiger partial charge is 0.143 e. The molecule has 2 aliphatic carbocycles. The van der Waals surface area contributed by atoms with Gasteiger partial charge in [-0.05, 0) is 59.0 Å². The highest BCUT2D eigenvalue weighted by Gasteiger charge is 2.43. The Morgan fingerprint density at radius 1 is 1.29 bits per heavy atom. The number of fused-ring (bicyclic) bond motifs is 2. The monoisotopic (exact) mass is 298 g/mol. The van der Waals surface area contributed by atoms with Crippen molar-refractivity contribution in [3.63, 3.8) is 0 Å². The van der Waals surface area contributed by atoms with Crippen molar-refractivity contribution in [3.8, 4) is 0 Å². The van der Waals surface area contributed by atoms with Gasteiger partial charge in [-0.1, -0.05) is 18.6 Å². The van der Waals surface area contributed by atoms with E-state index in [0.29, 0.717) is 16.0 Å². The lowest BCUT2D eigenvalue weighted by Gasteiger charge is -2.27. The van der Waals surface area contributed by atoms with Gasteiger partial charge in [0.25, 0.3) is 0 Å². The van der Waals surface area contributed by atoms with Gasteiger partial charge >= 0.3 is 0 Å². The molecule has 1 aromatic rings. The molecular weight excluding hydrogens is 283 g/mol. The van der Waals surface area contributed by atoms with E-state index in [1.54, 1.807) is 18.2 Å². The second-order valence-electron chi connectivity index (χ2n) is 5.43. The van der Waals surface area contributed by atoms with Crippen molar-refractivity contribution in [2.45, 2.75) is 31.8 Å². The lowest BCUT2D eigenvalue weighted by molar-refractivity contribution is 0.0713. The molecule has 4 unspecified atom stereocenters. The number of aliphatic hydroxyl groups is 1. The van der Waals surface area contributed by atoms with Crippen molar-refractivity contribution in [2.75, 3.05) is 0 Å². The summed E-state index contributed by atoms with van der Waals surface area (Å²) >= 11 is 3.18. The summed E-state index contributed by atoms with van der Waals surface area (Å²) in [7, 11) is 0. The first-order chi connectivity index (χ1) is 8.16. The van der Waals surface area contributed by atoms with E-state index in [4.69, 9.17) is 0 Å². The van der Waals surface area contributed by atoms with Gasteiger partial charge in [-0.3, -0.25) is 0 Å². The Labute approximate surface area is 109 Å². The van der Waals surface area contributed by atoms with Gasteiger partial charge in [-0.2, -0.15) is 0 Å². The molecule has 1 N–H and O–H groups in total. The first kappa shape index (κ1) is 11.7. The maximum Gasteiger partial charge on any atom is 0.143 e. The van der Waals surface area contributed by atoms with Crippen LogP contribution in [0.25, 0.3) is 0 Å². The topological polar surface area (TPSA) is 20.2 Å². The average molecular weight is 299 g/mol. The molecule has 0 spiro atoms. The zero-order valence-electron chi connectivity index (χ0n) is 9.57. The van der Waals surface area contributed by atoms with Crippen molar-refractivity contribution >= 4 is 15.9 Å². The predicted octanol–water partition coefficient (Wildman–Crippen LogP) is 4.06. The number of rotatable bonds is 2. The van der Waals surface area contributed by atoms with Crippen molar-refractivity contribution < 1.29 is 9.50 Å². The second kappa shape index (κ2) is 4.36.